The molecule has 3 aliphatic heterocycles. The normalized spacial score (nSPS) is 25.3. The summed E-state index contributed by atoms with van der Waals surface area (Å²) in [5.74, 6) is -5.73. The number of hydrogen-bond acceptors (Lipinski definition) is 7. The molecule has 0 aliphatic carbocycles. The Morgan fingerprint density at radius 2 is 1.43 bits per heavy atom. The molecule has 3 amide bonds. The Kier molecular flexibility index (Phi) is 7.27. The van der Waals surface area contributed by atoms with Crippen LogP contribution in [0.25, 0.3) is 0 Å². The molecule has 0 radical (unpaired) electrons. The molecule has 3 aromatic rings. The molecule has 4 atom stereocenters. The Morgan fingerprint density at radius 1 is 0.848 bits per heavy atom. The van der Waals surface area contributed by atoms with Gasteiger partial charge in [-0.1, -0.05) is 66.7 Å². The molecule has 46 heavy (non-hydrogen) atoms. The van der Waals surface area contributed by atoms with Gasteiger partial charge in [-0.3, -0.25) is 19.7 Å². The fraction of sp³-hybridized carbons (Fsp3) is 0.353. The van der Waals surface area contributed by atoms with Crippen LogP contribution in [0.5, 0.6) is 0 Å². The molecule has 0 saturated carbocycles. The van der Waals surface area contributed by atoms with E-state index in [2.05, 4.69) is 5.32 Å². The van der Waals surface area contributed by atoms with Crippen molar-refractivity contribution < 1.29 is 41.8 Å². The standard InChI is InChI=1S/C34H32F3N3O6/c1-5-45-27(41)25-26(34(35,36)37)38-33(22-16-10-11-17-23(22)39(29(33)43)19-20-13-7-6-8-14-20)32(25)21-15-9-12-18-24(21)40(28(32)42)30(44)46-31(2,3)4/h6-18,25-26,38H,5,19H2,1-4H3/t25?,26-,32+,33-/m1/s1. The maximum atomic E-state index is 15.2. The number of carbonyl (C=O) groups excluding carboxylic acids is 4. The van der Waals surface area contributed by atoms with Crippen molar-refractivity contribution in [2.75, 3.05) is 16.4 Å². The zero-order valence-electron chi connectivity index (χ0n) is 25.6. The van der Waals surface area contributed by atoms with Crippen LogP contribution in [0.4, 0.5) is 29.3 Å². The first kappa shape index (κ1) is 31.3. The van der Waals surface area contributed by atoms with Crippen molar-refractivity contribution in [3.63, 3.8) is 0 Å². The van der Waals surface area contributed by atoms with E-state index in [1.54, 1.807) is 69.3 Å². The molecule has 1 saturated heterocycles. The Labute approximate surface area is 263 Å². The third-order valence-electron chi connectivity index (χ3n) is 8.69. The van der Waals surface area contributed by atoms with Crippen LogP contribution in [0.1, 0.15) is 44.4 Å². The highest BCUT2D eigenvalue weighted by Crippen LogP contribution is 2.65. The number of hydrogen-bond donors (Lipinski definition) is 1. The predicted molar refractivity (Wildman–Crippen MR) is 161 cm³/mol. The van der Waals surface area contributed by atoms with E-state index in [4.69, 9.17) is 9.47 Å². The summed E-state index contributed by atoms with van der Waals surface area (Å²) in [6.45, 7) is 5.82. The van der Waals surface area contributed by atoms with Crippen molar-refractivity contribution in [3.8, 4) is 0 Å². The van der Waals surface area contributed by atoms with Crippen molar-refractivity contribution in [2.45, 2.75) is 63.0 Å². The first-order valence-electron chi connectivity index (χ1n) is 14.8. The smallest absolute Gasteiger partial charge is 0.421 e. The van der Waals surface area contributed by atoms with Gasteiger partial charge in [-0.05, 0) is 51.0 Å². The monoisotopic (exact) mass is 635 g/mol. The molecule has 0 bridgehead atoms. The number of esters is 1. The van der Waals surface area contributed by atoms with Crippen LogP contribution in [0, 0.1) is 5.92 Å². The summed E-state index contributed by atoms with van der Waals surface area (Å²) >= 11 is 0. The molecule has 6 rings (SSSR count). The van der Waals surface area contributed by atoms with Gasteiger partial charge < -0.3 is 14.4 Å². The van der Waals surface area contributed by atoms with Crippen LogP contribution in [0.15, 0.2) is 78.9 Å². The number of imide groups is 1. The van der Waals surface area contributed by atoms with Gasteiger partial charge in [0.2, 0.25) is 0 Å². The second kappa shape index (κ2) is 10.7. The van der Waals surface area contributed by atoms with Crippen LogP contribution >= 0.6 is 0 Å². The first-order chi connectivity index (χ1) is 21.7. The molecule has 240 valence electrons. The number of carbonyl (C=O) groups is 4. The van der Waals surface area contributed by atoms with Crippen molar-refractivity contribution >= 4 is 35.3 Å². The number of rotatable bonds is 4. The fourth-order valence-electron chi connectivity index (χ4n) is 7.18. The van der Waals surface area contributed by atoms with Crippen LogP contribution < -0.4 is 15.1 Å². The Hall–Kier alpha value is -4.71. The van der Waals surface area contributed by atoms with Crippen molar-refractivity contribution in [1.29, 1.82) is 0 Å². The molecule has 12 heteroatoms. The summed E-state index contributed by atoms with van der Waals surface area (Å²) in [5, 5.41) is 2.51. The summed E-state index contributed by atoms with van der Waals surface area (Å²) in [6.07, 6.45) is -6.29. The quantitative estimate of drug-likeness (QED) is 0.385. The van der Waals surface area contributed by atoms with Gasteiger partial charge in [-0.2, -0.15) is 13.2 Å². The molecule has 1 fully saturated rings. The number of anilines is 2. The summed E-state index contributed by atoms with van der Waals surface area (Å²) in [6, 6.07) is 18.1. The average Bonchev–Trinajstić information content (AvgIpc) is 3.55. The Balaban J connectivity index is 1.70. The molecule has 0 aromatic heterocycles. The van der Waals surface area contributed by atoms with E-state index in [0.717, 1.165) is 0 Å². The number of amides is 3. The van der Waals surface area contributed by atoms with Crippen LogP contribution in [-0.4, -0.2) is 48.3 Å². The highest BCUT2D eigenvalue weighted by Gasteiger charge is 2.83. The second-order valence-electron chi connectivity index (χ2n) is 12.5. The van der Waals surface area contributed by atoms with Crippen molar-refractivity contribution in [1.82, 2.24) is 5.32 Å². The van der Waals surface area contributed by atoms with Gasteiger partial charge in [-0.15, -0.1) is 0 Å². The number of halogens is 3. The van der Waals surface area contributed by atoms with Crippen LogP contribution in [0.2, 0.25) is 0 Å². The Bertz CT molecular complexity index is 1740. The van der Waals surface area contributed by atoms with E-state index >= 15 is 22.8 Å². The van der Waals surface area contributed by atoms with Crippen molar-refractivity contribution in [3.05, 3.63) is 95.6 Å². The predicted octanol–water partition coefficient (Wildman–Crippen LogP) is 5.36. The lowest BCUT2D eigenvalue weighted by Gasteiger charge is -2.40. The molecule has 9 nitrogen and oxygen atoms in total. The van der Waals surface area contributed by atoms with E-state index in [1.165, 1.54) is 42.2 Å². The van der Waals surface area contributed by atoms with Gasteiger partial charge in [0.15, 0.2) is 0 Å². The zero-order chi connectivity index (χ0) is 33.2. The zero-order valence-corrected chi connectivity index (χ0v) is 25.6. The van der Waals surface area contributed by atoms with Crippen LogP contribution in [-0.2, 0) is 41.4 Å². The molecule has 1 unspecified atom stereocenters. The molecule has 3 heterocycles. The maximum Gasteiger partial charge on any atom is 0.421 e. The summed E-state index contributed by atoms with van der Waals surface area (Å²) in [7, 11) is 0. The van der Waals surface area contributed by atoms with E-state index in [9.17, 15) is 9.59 Å². The number of benzene rings is 3. The second-order valence-corrected chi connectivity index (χ2v) is 12.5. The summed E-state index contributed by atoms with van der Waals surface area (Å²) in [5.41, 5.74) is -5.39. The highest BCUT2D eigenvalue weighted by atomic mass is 19.4. The lowest BCUT2D eigenvalue weighted by molar-refractivity contribution is -0.179. The summed E-state index contributed by atoms with van der Waals surface area (Å²) in [4.78, 5) is 59.8. The molecular weight excluding hydrogens is 603 g/mol. The van der Waals surface area contributed by atoms with E-state index in [1.807, 2.05) is 0 Å². The number of nitrogens with zero attached hydrogens (tertiary/aromatic N) is 2. The topological polar surface area (TPSA) is 105 Å². The SMILES string of the molecule is CCOC(=O)C1[C@H](C(F)(F)F)N[C@]2(C(=O)N(Cc3ccccc3)c3ccccc32)[C@]12C(=O)N(C(=O)OC(C)(C)C)c1ccccc12. The molecule has 1 N–H and O–H groups in total. The molecule has 2 spiro atoms. The van der Waals surface area contributed by atoms with Gasteiger partial charge in [-0.25, -0.2) is 9.69 Å². The third kappa shape index (κ3) is 4.33. The summed E-state index contributed by atoms with van der Waals surface area (Å²) < 4.78 is 56.4. The molecule has 3 aliphatic rings. The Morgan fingerprint density at radius 3 is 2.04 bits per heavy atom. The molecular formula is C34H32F3N3O6. The van der Waals surface area contributed by atoms with Gasteiger partial charge in [0, 0.05) is 11.3 Å². The van der Waals surface area contributed by atoms with E-state index in [0.29, 0.717) is 10.5 Å². The van der Waals surface area contributed by atoms with Gasteiger partial charge in [0.1, 0.15) is 28.5 Å². The highest BCUT2D eigenvalue weighted by molar-refractivity contribution is 6.27. The number of fused-ring (bicyclic) bond motifs is 5. The van der Waals surface area contributed by atoms with Crippen molar-refractivity contribution in [2.24, 2.45) is 5.92 Å². The van der Waals surface area contributed by atoms with Gasteiger partial charge in [0.05, 0.1) is 18.8 Å². The lowest BCUT2D eigenvalue weighted by atomic mass is 9.58. The fourth-order valence-corrected chi connectivity index (χ4v) is 7.18. The minimum absolute atomic E-state index is 0.0391. The minimum atomic E-state index is -5.13. The largest absolute Gasteiger partial charge is 0.466 e. The minimum Gasteiger partial charge on any atom is -0.466 e. The van der Waals surface area contributed by atoms with Gasteiger partial charge >= 0.3 is 18.2 Å². The average molecular weight is 636 g/mol. The molecule has 3 aromatic carbocycles. The van der Waals surface area contributed by atoms with E-state index < -0.39 is 58.6 Å². The number of para-hydroxylation sites is 2. The van der Waals surface area contributed by atoms with Gasteiger partial charge in [0.25, 0.3) is 11.8 Å². The number of ether oxygens (including phenoxy) is 2. The first-order valence-corrected chi connectivity index (χ1v) is 14.8. The maximum absolute atomic E-state index is 15.2. The van der Waals surface area contributed by atoms with Crippen LogP contribution in [0.3, 0.4) is 0 Å². The number of nitrogens with one attached hydrogen (secondary N) is 1. The van der Waals surface area contributed by atoms with E-state index in [-0.39, 0.29) is 35.7 Å². The lowest BCUT2D eigenvalue weighted by Crippen LogP contribution is -2.64. The number of alkyl halides is 3. The third-order valence-corrected chi connectivity index (χ3v) is 8.69.